The Morgan fingerprint density at radius 2 is 2.07 bits per heavy atom. The van der Waals surface area contributed by atoms with Crippen LogP contribution in [0.15, 0.2) is 35.5 Å². The molecule has 0 aliphatic carbocycles. The number of nitrogens with zero attached hydrogens (tertiary/aromatic N) is 3. The Hall–Kier alpha value is -1.87. The smallest absolute Gasteiger partial charge is 0.230 e. The van der Waals surface area contributed by atoms with Crippen LogP contribution in [0, 0.1) is 5.92 Å². The van der Waals surface area contributed by atoms with Crippen molar-refractivity contribution in [1.82, 2.24) is 20.1 Å². The summed E-state index contributed by atoms with van der Waals surface area (Å²) in [5, 5.41) is 11.9. The van der Waals surface area contributed by atoms with Gasteiger partial charge in [0.15, 0.2) is 15.0 Å². The van der Waals surface area contributed by atoms with Crippen molar-refractivity contribution in [3.63, 3.8) is 0 Å². The zero-order valence-electron chi connectivity index (χ0n) is 15.3. The van der Waals surface area contributed by atoms with Gasteiger partial charge in [-0.15, -0.1) is 10.2 Å². The van der Waals surface area contributed by atoms with Crippen LogP contribution in [0.1, 0.15) is 17.8 Å². The van der Waals surface area contributed by atoms with Crippen molar-refractivity contribution < 1.29 is 13.2 Å². The van der Waals surface area contributed by atoms with Gasteiger partial charge in [0.1, 0.15) is 5.82 Å². The van der Waals surface area contributed by atoms with E-state index in [1.54, 1.807) is 0 Å². The third-order valence-corrected chi connectivity index (χ3v) is 7.49. The molecule has 1 aliphatic heterocycles. The molecule has 0 radical (unpaired) electrons. The van der Waals surface area contributed by atoms with Crippen LogP contribution in [0.25, 0.3) is 0 Å². The van der Waals surface area contributed by atoms with E-state index in [1.807, 2.05) is 41.9 Å². The lowest BCUT2D eigenvalue weighted by Crippen LogP contribution is -2.27. The summed E-state index contributed by atoms with van der Waals surface area (Å²) in [7, 11) is -1.03. The van der Waals surface area contributed by atoms with Gasteiger partial charge in [0.05, 0.1) is 17.3 Å². The molecule has 9 heteroatoms. The molecule has 0 saturated carbocycles. The first-order valence-electron chi connectivity index (χ1n) is 8.95. The maximum Gasteiger partial charge on any atom is 0.230 e. The number of carbonyl (C=O) groups excluding carboxylic acids is 1. The molecule has 7 nitrogen and oxygen atoms in total. The molecule has 0 bridgehead atoms. The normalized spacial score (nSPS) is 18.5. The van der Waals surface area contributed by atoms with E-state index >= 15 is 0 Å². The molecule has 27 heavy (non-hydrogen) atoms. The average molecular weight is 409 g/mol. The van der Waals surface area contributed by atoms with E-state index in [4.69, 9.17) is 0 Å². The minimum absolute atomic E-state index is 0.0395. The van der Waals surface area contributed by atoms with Gasteiger partial charge in [0.25, 0.3) is 0 Å². The standard InChI is InChI=1S/C18H24N4O3S2/c1-22-16(11-15-8-10-27(24,25)13-15)20-21-18(22)26-12-17(23)19-9-7-14-5-3-2-4-6-14/h2-6,15H,7-13H2,1H3,(H,19,23)/t15-/m0/s1. The Kier molecular flexibility index (Phi) is 6.54. The third kappa shape index (κ3) is 5.80. The zero-order chi connectivity index (χ0) is 19.3. The minimum atomic E-state index is -2.89. The van der Waals surface area contributed by atoms with Crippen molar-refractivity contribution in [3.8, 4) is 0 Å². The topological polar surface area (TPSA) is 93.9 Å². The fourth-order valence-corrected chi connectivity index (χ4v) is 5.73. The van der Waals surface area contributed by atoms with Gasteiger partial charge < -0.3 is 9.88 Å². The molecule has 1 N–H and O–H groups in total. The summed E-state index contributed by atoms with van der Waals surface area (Å²) in [6.45, 7) is 0.601. The highest BCUT2D eigenvalue weighted by molar-refractivity contribution is 7.99. The quantitative estimate of drug-likeness (QED) is 0.661. The molecule has 0 spiro atoms. The molecule has 1 amide bonds. The van der Waals surface area contributed by atoms with Crippen molar-refractivity contribution in [2.24, 2.45) is 13.0 Å². The van der Waals surface area contributed by atoms with E-state index in [0.29, 0.717) is 24.5 Å². The second-order valence-corrected chi connectivity index (χ2v) is 9.98. The van der Waals surface area contributed by atoms with Crippen LogP contribution < -0.4 is 5.32 Å². The van der Waals surface area contributed by atoms with Crippen LogP contribution >= 0.6 is 11.8 Å². The van der Waals surface area contributed by atoms with E-state index in [2.05, 4.69) is 15.5 Å². The number of nitrogens with one attached hydrogen (secondary N) is 1. The Balaban J connectivity index is 1.43. The molecular formula is C18H24N4O3S2. The lowest BCUT2D eigenvalue weighted by molar-refractivity contribution is -0.118. The highest BCUT2D eigenvalue weighted by atomic mass is 32.2. The average Bonchev–Trinajstić information content (AvgIpc) is 3.16. The van der Waals surface area contributed by atoms with E-state index in [9.17, 15) is 13.2 Å². The molecular weight excluding hydrogens is 384 g/mol. The van der Waals surface area contributed by atoms with Crippen molar-refractivity contribution >= 4 is 27.5 Å². The summed E-state index contributed by atoms with van der Waals surface area (Å²) in [6, 6.07) is 10.0. The highest BCUT2D eigenvalue weighted by Crippen LogP contribution is 2.23. The van der Waals surface area contributed by atoms with Gasteiger partial charge >= 0.3 is 0 Å². The maximum absolute atomic E-state index is 12.0. The van der Waals surface area contributed by atoms with E-state index in [-0.39, 0.29) is 29.1 Å². The summed E-state index contributed by atoms with van der Waals surface area (Å²) in [4.78, 5) is 12.0. The van der Waals surface area contributed by atoms with Gasteiger partial charge in [-0.3, -0.25) is 4.79 Å². The molecule has 1 saturated heterocycles. The van der Waals surface area contributed by atoms with Gasteiger partial charge in [-0.05, 0) is 24.3 Å². The zero-order valence-corrected chi connectivity index (χ0v) is 16.9. The molecule has 1 aliphatic rings. The minimum Gasteiger partial charge on any atom is -0.355 e. The Morgan fingerprint density at radius 3 is 2.78 bits per heavy atom. The third-order valence-electron chi connectivity index (χ3n) is 4.63. The van der Waals surface area contributed by atoms with Crippen LogP contribution in [0.3, 0.4) is 0 Å². The number of amides is 1. The highest BCUT2D eigenvalue weighted by Gasteiger charge is 2.29. The molecule has 2 heterocycles. The Bertz CT molecular complexity index is 881. The largest absolute Gasteiger partial charge is 0.355 e. The summed E-state index contributed by atoms with van der Waals surface area (Å²) in [5.74, 6) is 1.61. The van der Waals surface area contributed by atoms with Gasteiger partial charge in [-0.1, -0.05) is 42.1 Å². The first-order chi connectivity index (χ1) is 12.9. The van der Waals surface area contributed by atoms with Crippen LogP contribution in [0.4, 0.5) is 0 Å². The number of hydrogen-bond donors (Lipinski definition) is 1. The molecule has 1 fully saturated rings. The number of aromatic nitrogens is 3. The summed E-state index contributed by atoms with van der Waals surface area (Å²) in [5.41, 5.74) is 1.19. The molecule has 2 aromatic rings. The number of carbonyl (C=O) groups is 1. The van der Waals surface area contributed by atoms with Gasteiger partial charge in [0.2, 0.25) is 5.91 Å². The number of sulfone groups is 1. The SMILES string of the molecule is Cn1c(C[C@@H]2CCS(=O)(=O)C2)nnc1SCC(=O)NCCc1ccccc1. The monoisotopic (exact) mass is 408 g/mol. The molecule has 1 aromatic carbocycles. The number of hydrogen-bond acceptors (Lipinski definition) is 6. The van der Waals surface area contributed by atoms with Crippen molar-refractivity contribution in [3.05, 3.63) is 41.7 Å². The predicted molar refractivity (Wildman–Crippen MR) is 105 cm³/mol. The molecule has 3 rings (SSSR count). The first kappa shape index (κ1) is 19.9. The van der Waals surface area contributed by atoms with Gasteiger partial charge in [-0.25, -0.2) is 8.42 Å². The Morgan fingerprint density at radius 1 is 1.30 bits per heavy atom. The fourth-order valence-electron chi connectivity index (χ4n) is 3.11. The summed E-state index contributed by atoms with van der Waals surface area (Å²) in [6.07, 6.45) is 2.09. The molecule has 146 valence electrons. The van der Waals surface area contributed by atoms with E-state index in [0.717, 1.165) is 12.2 Å². The molecule has 0 unspecified atom stereocenters. The summed E-state index contributed by atoms with van der Waals surface area (Å²) >= 11 is 1.34. The second kappa shape index (κ2) is 8.88. The predicted octanol–water partition coefficient (Wildman–Crippen LogP) is 1.24. The number of thioether (sulfide) groups is 1. The van der Waals surface area contributed by atoms with E-state index < -0.39 is 9.84 Å². The van der Waals surface area contributed by atoms with Crippen molar-refractivity contribution in [2.45, 2.75) is 24.4 Å². The fraction of sp³-hybridized carbons (Fsp3) is 0.500. The maximum atomic E-state index is 12.0. The lowest BCUT2D eigenvalue weighted by Gasteiger charge is -2.08. The number of rotatable bonds is 8. The van der Waals surface area contributed by atoms with Crippen molar-refractivity contribution in [2.75, 3.05) is 23.8 Å². The van der Waals surface area contributed by atoms with Gasteiger partial charge in [0, 0.05) is 20.0 Å². The van der Waals surface area contributed by atoms with Crippen LogP contribution in [-0.4, -0.2) is 52.9 Å². The lowest BCUT2D eigenvalue weighted by atomic mass is 10.1. The van der Waals surface area contributed by atoms with Crippen LogP contribution in [0.2, 0.25) is 0 Å². The second-order valence-electron chi connectivity index (χ2n) is 6.81. The first-order valence-corrected chi connectivity index (χ1v) is 11.8. The molecule has 1 aromatic heterocycles. The van der Waals surface area contributed by atoms with Gasteiger partial charge in [-0.2, -0.15) is 0 Å². The number of benzene rings is 1. The Labute approximate surface area is 163 Å². The van der Waals surface area contributed by atoms with Crippen LogP contribution in [-0.2, 0) is 34.5 Å². The van der Waals surface area contributed by atoms with Crippen molar-refractivity contribution in [1.29, 1.82) is 0 Å². The molecule has 1 atom stereocenters. The van der Waals surface area contributed by atoms with Crippen LogP contribution in [0.5, 0.6) is 0 Å². The summed E-state index contributed by atoms with van der Waals surface area (Å²) < 4.78 is 25.0. The van der Waals surface area contributed by atoms with E-state index in [1.165, 1.54) is 17.3 Å².